The minimum absolute atomic E-state index is 0.225. The van der Waals surface area contributed by atoms with Gasteiger partial charge in [-0.1, -0.05) is 23.7 Å². The van der Waals surface area contributed by atoms with Gasteiger partial charge >= 0.3 is 0 Å². The van der Waals surface area contributed by atoms with Crippen LogP contribution in [0.25, 0.3) is 10.9 Å². The molecule has 0 aliphatic carbocycles. The van der Waals surface area contributed by atoms with E-state index in [-0.39, 0.29) is 5.56 Å². The Morgan fingerprint density at radius 1 is 1.11 bits per heavy atom. The summed E-state index contributed by atoms with van der Waals surface area (Å²) < 4.78 is 12.9. The Hall–Kier alpha value is -3.95. The summed E-state index contributed by atoms with van der Waals surface area (Å²) in [4.78, 5) is 18.8. The molecule has 5 aromatic rings. The Kier molecular flexibility index (Phi) is 7.05. The van der Waals surface area contributed by atoms with Gasteiger partial charge in [0.2, 0.25) is 0 Å². The number of rotatable bonds is 8. The highest BCUT2D eigenvalue weighted by molar-refractivity contribution is 6.30. The van der Waals surface area contributed by atoms with E-state index >= 15 is 0 Å². The number of fused-ring (bicyclic) bond motifs is 1. The van der Waals surface area contributed by atoms with Crippen LogP contribution in [-0.4, -0.2) is 37.2 Å². The molecule has 0 unspecified atom stereocenters. The van der Waals surface area contributed by atoms with E-state index in [0.717, 1.165) is 16.7 Å². The fourth-order valence-corrected chi connectivity index (χ4v) is 4.66. The van der Waals surface area contributed by atoms with Gasteiger partial charge in [-0.25, -0.2) is 4.68 Å². The van der Waals surface area contributed by atoms with Crippen LogP contribution in [0.1, 0.15) is 49.5 Å². The standard InChI is InChI=1S/C28H29ClN6O3/c1-28(2,3)35-26(31-32-33-35)25(23-15-19-14-21(37-4)11-12-24(19)30-27(23)36)34(17-22-6-5-13-38-22)16-18-7-9-20(29)10-8-18/h5-15,25H,16-17H2,1-4H3,(H,30,36)/t25-/m1/s1. The van der Waals surface area contributed by atoms with Gasteiger partial charge in [-0.15, -0.1) is 5.10 Å². The van der Waals surface area contributed by atoms with Crippen molar-refractivity contribution >= 4 is 22.5 Å². The number of halogens is 1. The highest BCUT2D eigenvalue weighted by Gasteiger charge is 2.34. The molecule has 0 bridgehead atoms. The SMILES string of the molecule is COc1ccc2[nH]c(=O)c([C@H](c3nnnn3C(C)(C)C)N(Cc3ccc(Cl)cc3)Cc3ccco3)cc2c1. The second-order valence-corrected chi connectivity index (χ2v) is 10.6. The van der Waals surface area contributed by atoms with Crippen molar-refractivity contribution in [1.29, 1.82) is 0 Å². The maximum atomic E-state index is 13.7. The summed E-state index contributed by atoms with van der Waals surface area (Å²) in [5, 5.41) is 14.3. The van der Waals surface area contributed by atoms with Crippen LogP contribution >= 0.6 is 11.6 Å². The molecule has 3 aromatic heterocycles. The fraction of sp³-hybridized carbons (Fsp3) is 0.286. The quantitative estimate of drug-likeness (QED) is 0.288. The van der Waals surface area contributed by atoms with Crippen molar-refractivity contribution < 1.29 is 9.15 Å². The zero-order chi connectivity index (χ0) is 26.9. The molecular formula is C28H29ClN6O3. The minimum Gasteiger partial charge on any atom is -0.497 e. The van der Waals surface area contributed by atoms with Crippen LogP contribution in [0.2, 0.25) is 5.02 Å². The van der Waals surface area contributed by atoms with E-state index in [4.69, 9.17) is 20.8 Å². The molecule has 5 rings (SSSR count). The maximum absolute atomic E-state index is 13.7. The predicted octanol–water partition coefficient (Wildman–Crippen LogP) is 5.32. The number of methoxy groups -OCH3 is 1. The average molecular weight is 533 g/mol. The lowest BCUT2D eigenvalue weighted by atomic mass is 10.0. The second kappa shape index (κ2) is 10.4. The molecule has 38 heavy (non-hydrogen) atoms. The van der Waals surface area contributed by atoms with Crippen molar-refractivity contribution in [2.45, 2.75) is 45.4 Å². The summed E-state index contributed by atoms with van der Waals surface area (Å²) >= 11 is 6.16. The highest BCUT2D eigenvalue weighted by Crippen LogP contribution is 2.32. The Morgan fingerprint density at radius 2 is 1.89 bits per heavy atom. The molecular weight excluding hydrogens is 504 g/mol. The number of H-pyrrole nitrogens is 1. The monoisotopic (exact) mass is 532 g/mol. The van der Waals surface area contributed by atoms with Crippen LogP contribution in [0.15, 0.2) is 76.1 Å². The van der Waals surface area contributed by atoms with E-state index < -0.39 is 11.6 Å². The highest BCUT2D eigenvalue weighted by atomic mass is 35.5. The molecule has 2 aromatic carbocycles. The first-order valence-electron chi connectivity index (χ1n) is 12.2. The normalized spacial score (nSPS) is 12.8. The van der Waals surface area contributed by atoms with Gasteiger partial charge in [0.05, 0.1) is 25.5 Å². The van der Waals surface area contributed by atoms with Crippen LogP contribution in [0, 0.1) is 0 Å². The number of furan rings is 1. The van der Waals surface area contributed by atoms with Gasteiger partial charge < -0.3 is 14.1 Å². The molecule has 196 valence electrons. The molecule has 0 aliphatic rings. The molecule has 0 amide bonds. The molecule has 1 atom stereocenters. The third kappa shape index (κ3) is 5.34. The molecule has 3 heterocycles. The number of nitrogens with one attached hydrogen (secondary N) is 1. The zero-order valence-electron chi connectivity index (χ0n) is 21.7. The molecule has 0 saturated carbocycles. The first-order valence-corrected chi connectivity index (χ1v) is 12.6. The molecule has 0 saturated heterocycles. The van der Waals surface area contributed by atoms with Crippen molar-refractivity contribution in [3.05, 3.63) is 105 Å². The molecule has 0 radical (unpaired) electrons. The number of aromatic nitrogens is 5. The van der Waals surface area contributed by atoms with Crippen LogP contribution < -0.4 is 10.3 Å². The van der Waals surface area contributed by atoms with Gasteiger partial charge in [0.1, 0.15) is 17.6 Å². The van der Waals surface area contributed by atoms with E-state index in [0.29, 0.717) is 40.8 Å². The topological polar surface area (TPSA) is 102 Å². The molecule has 1 N–H and O–H groups in total. The number of tetrazole rings is 1. The summed E-state index contributed by atoms with van der Waals surface area (Å²) in [5.74, 6) is 1.99. The molecule has 0 fully saturated rings. The number of nitrogens with zero attached hydrogens (tertiary/aromatic N) is 5. The number of hydrogen-bond acceptors (Lipinski definition) is 7. The first-order chi connectivity index (χ1) is 18.2. The van der Waals surface area contributed by atoms with Gasteiger partial charge in [-0.3, -0.25) is 9.69 Å². The number of benzene rings is 2. The average Bonchev–Trinajstić information content (AvgIpc) is 3.58. The summed E-state index contributed by atoms with van der Waals surface area (Å²) in [5.41, 5.74) is 1.58. The van der Waals surface area contributed by atoms with Crippen molar-refractivity contribution in [3.8, 4) is 5.75 Å². The number of hydrogen-bond donors (Lipinski definition) is 1. The van der Waals surface area contributed by atoms with Gasteiger partial charge in [0, 0.05) is 28.0 Å². The van der Waals surface area contributed by atoms with Gasteiger partial charge in [-0.05, 0) is 85.3 Å². The van der Waals surface area contributed by atoms with Crippen LogP contribution in [0.4, 0.5) is 0 Å². The summed E-state index contributed by atoms with van der Waals surface area (Å²) in [6, 6.07) is 18.2. The summed E-state index contributed by atoms with van der Waals surface area (Å²) in [6.07, 6.45) is 1.64. The van der Waals surface area contributed by atoms with Gasteiger partial charge in [0.25, 0.3) is 5.56 Å². The summed E-state index contributed by atoms with van der Waals surface area (Å²) in [6.45, 7) is 6.96. The second-order valence-electron chi connectivity index (χ2n) is 10.1. The molecule has 0 spiro atoms. The molecule has 10 heteroatoms. The van der Waals surface area contributed by atoms with Gasteiger partial charge in [0.15, 0.2) is 5.82 Å². The number of ether oxygens (including phenoxy) is 1. The first kappa shape index (κ1) is 25.7. The van der Waals surface area contributed by atoms with Crippen LogP contribution in [-0.2, 0) is 18.6 Å². The summed E-state index contributed by atoms with van der Waals surface area (Å²) in [7, 11) is 1.62. The van der Waals surface area contributed by atoms with E-state index in [1.54, 1.807) is 18.1 Å². The fourth-order valence-electron chi connectivity index (χ4n) is 4.54. The van der Waals surface area contributed by atoms with Crippen molar-refractivity contribution in [2.24, 2.45) is 0 Å². The van der Waals surface area contributed by atoms with Crippen molar-refractivity contribution in [3.63, 3.8) is 0 Å². The largest absolute Gasteiger partial charge is 0.497 e. The lowest BCUT2D eigenvalue weighted by Crippen LogP contribution is -2.37. The Balaban J connectivity index is 1.72. The van der Waals surface area contributed by atoms with E-state index in [1.165, 1.54) is 0 Å². The number of aromatic amines is 1. The Bertz CT molecular complexity index is 1590. The smallest absolute Gasteiger partial charge is 0.253 e. The van der Waals surface area contributed by atoms with Gasteiger partial charge in [-0.2, -0.15) is 0 Å². The third-order valence-corrected chi connectivity index (χ3v) is 6.60. The Morgan fingerprint density at radius 3 is 2.58 bits per heavy atom. The predicted molar refractivity (Wildman–Crippen MR) is 145 cm³/mol. The third-order valence-electron chi connectivity index (χ3n) is 6.35. The zero-order valence-corrected chi connectivity index (χ0v) is 22.4. The van der Waals surface area contributed by atoms with E-state index in [9.17, 15) is 4.79 Å². The Labute approximate surface area is 225 Å². The lowest BCUT2D eigenvalue weighted by Gasteiger charge is -2.32. The minimum atomic E-state index is -0.607. The van der Waals surface area contributed by atoms with Crippen LogP contribution in [0.3, 0.4) is 0 Å². The molecule has 9 nitrogen and oxygen atoms in total. The molecule has 0 aliphatic heterocycles. The van der Waals surface area contributed by atoms with Crippen LogP contribution in [0.5, 0.6) is 5.75 Å². The van der Waals surface area contributed by atoms with E-state index in [1.807, 2.05) is 81.4 Å². The number of pyridine rings is 1. The van der Waals surface area contributed by atoms with Crippen molar-refractivity contribution in [2.75, 3.05) is 7.11 Å². The lowest BCUT2D eigenvalue weighted by molar-refractivity contribution is 0.171. The van der Waals surface area contributed by atoms with E-state index in [2.05, 4.69) is 25.4 Å². The van der Waals surface area contributed by atoms with Crippen molar-refractivity contribution in [1.82, 2.24) is 30.1 Å². The maximum Gasteiger partial charge on any atom is 0.253 e.